The molecule has 6 heteroatoms. The highest BCUT2D eigenvalue weighted by atomic mass is 19.1. The minimum absolute atomic E-state index is 0.0929. The van der Waals surface area contributed by atoms with Crippen LogP contribution in [-0.2, 0) is 4.79 Å². The lowest BCUT2D eigenvalue weighted by Gasteiger charge is -2.06. The molecule has 21 heavy (non-hydrogen) atoms. The smallest absolute Gasteiger partial charge is 0.246 e. The van der Waals surface area contributed by atoms with Gasteiger partial charge in [0, 0.05) is 12.2 Å². The number of halogens is 1. The van der Waals surface area contributed by atoms with Gasteiger partial charge in [-0.05, 0) is 24.6 Å². The van der Waals surface area contributed by atoms with Gasteiger partial charge in [0.2, 0.25) is 5.91 Å². The van der Waals surface area contributed by atoms with Crippen LogP contribution >= 0.6 is 0 Å². The van der Waals surface area contributed by atoms with Crippen molar-refractivity contribution >= 4 is 17.6 Å². The SMILES string of the molecule is CCCCCCNC(N)=NCC(=O)Nc1cccc(F)c1. The van der Waals surface area contributed by atoms with Gasteiger partial charge in [0.1, 0.15) is 12.4 Å². The Morgan fingerprint density at radius 2 is 2.14 bits per heavy atom. The Morgan fingerprint density at radius 3 is 2.86 bits per heavy atom. The molecule has 0 bridgehead atoms. The summed E-state index contributed by atoms with van der Waals surface area (Å²) in [6, 6.07) is 5.70. The molecule has 5 nitrogen and oxygen atoms in total. The fraction of sp³-hybridized carbons (Fsp3) is 0.467. The Balaban J connectivity index is 2.26. The molecular formula is C15H23FN4O. The third-order valence-electron chi connectivity index (χ3n) is 2.84. The summed E-state index contributed by atoms with van der Waals surface area (Å²) in [5.41, 5.74) is 6.06. The second-order valence-corrected chi connectivity index (χ2v) is 4.75. The van der Waals surface area contributed by atoms with Crippen molar-refractivity contribution in [2.75, 3.05) is 18.4 Å². The first-order chi connectivity index (χ1) is 10.1. The van der Waals surface area contributed by atoms with E-state index in [1.807, 2.05) is 0 Å². The van der Waals surface area contributed by atoms with E-state index < -0.39 is 5.82 Å². The Bertz CT molecular complexity index is 476. The Morgan fingerprint density at radius 1 is 1.33 bits per heavy atom. The lowest BCUT2D eigenvalue weighted by Crippen LogP contribution is -2.33. The topological polar surface area (TPSA) is 79.5 Å². The minimum Gasteiger partial charge on any atom is -0.370 e. The largest absolute Gasteiger partial charge is 0.370 e. The lowest BCUT2D eigenvalue weighted by molar-refractivity contribution is -0.114. The second-order valence-electron chi connectivity index (χ2n) is 4.75. The van der Waals surface area contributed by atoms with Crippen LogP contribution in [0.3, 0.4) is 0 Å². The predicted molar refractivity (Wildman–Crippen MR) is 83.7 cm³/mol. The van der Waals surface area contributed by atoms with Gasteiger partial charge in [0.15, 0.2) is 5.96 Å². The monoisotopic (exact) mass is 294 g/mol. The molecule has 1 aromatic carbocycles. The number of nitrogens with two attached hydrogens (primary N) is 1. The van der Waals surface area contributed by atoms with Gasteiger partial charge < -0.3 is 16.4 Å². The van der Waals surface area contributed by atoms with Crippen molar-refractivity contribution in [1.82, 2.24) is 5.32 Å². The number of carbonyl (C=O) groups is 1. The molecule has 0 saturated carbocycles. The average molecular weight is 294 g/mol. The standard InChI is InChI=1S/C15H23FN4O/c1-2-3-4-5-9-18-15(17)19-11-14(21)20-13-8-6-7-12(16)10-13/h6-8,10H,2-5,9,11H2,1H3,(H,20,21)(H3,17,18,19). The highest BCUT2D eigenvalue weighted by molar-refractivity contribution is 5.93. The summed E-state index contributed by atoms with van der Waals surface area (Å²) in [5, 5.41) is 5.51. The van der Waals surface area contributed by atoms with Gasteiger partial charge in [-0.1, -0.05) is 32.3 Å². The summed E-state index contributed by atoms with van der Waals surface area (Å²) >= 11 is 0. The number of aliphatic imine (C=N–C) groups is 1. The molecule has 1 amide bonds. The number of benzene rings is 1. The first kappa shape index (κ1) is 16.9. The summed E-state index contributed by atoms with van der Waals surface area (Å²) in [6.45, 7) is 2.81. The molecule has 0 saturated heterocycles. The molecule has 1 rings (SSSR count). The van der Waals surface area contributed by atoms with Crippen LogP contribution in [0.5, 0.6) is 0 Å². The number of guanidine groups is 1. The minimum atomic E-state index is -0.399. The number of nitrogens with one attached hydrogen (secondary N) is 2. The van der Waals surface area contributed by atoms with Gasteiger partial charge in [-0.15, -0.1) is 0 Å². The number of carbonyl (C=O) groups excluding carboxylic acids is 1. The van der Waals surface area contributed by atoms with Crippen LogP contribution in [0.25, 0.3) is 0 Å². The zero-order chi connectivity index (χ0) is 15.5. The molecular weight excluding hydrogens is 271 g/mol. The van der Waals surface area contributed by atoms with Crippen molar-refractivity contribution in [3.05, 3.63) is 30.1 Å². The fourth-order valence-electron chi connectivity index (χ4n) is 1.75. The Hall–Kier alpha value is -2.11. The predicted octanol–water partition coefficient (Wildman–Crippen LogP) is 2.25. The quantitative estimate of drug-likeness (QED) is 0.391. The molecule has 0 aliphatic carbocycles. The normalized spacial score (nSPS) is 11.2. The van der Waals surface area contributed by atoms with Crippen molar-refractivity contribution in [2.24, 2.45) is 10.7 Å². The third-order valence-corrected chi connectivity index (χ3v) is 2.84. The van der Waals surface area contributed by atoms with E-state index in [4.69, 9.17) is 5.73 Å². The highest BCUT2D eigenvalue weighted by Crippen LogP contribution is 2.08. The summed E-state index contributed by atoms with van der Waals surface area (Å²) in [4.78, 5) is 15.6. The fourth-order valence-corrected chi connectivity index (χ4v) is 1.75. The van der Waals surface area contributed by atoms with Crippen molar-refractivity contribution in [1.29, 1.82) is 0 Å². The van der Waals surface area contributed by atoms with Gasteiger partial charge in [0.25, 0.3) is 0 Å². The van der Waals surface area contributed by atoms with E-state index in [0.717, 1.165) is 19.4 Å². The summed E-state index contributed by atoms with van der Waals surface area (Å²) in [7, 11) is 0. The average Bonchev–Trinajstić information content (AvgIpc) is 2.45. The maximum absolute atomic E-state index is 13.0. The van der Waals surface area contributed by atoms with E-state index in [2.05, 4.69) is 22.5 Å². The zero-order valence-electron chi connectivity index (χ0n) is 12.4. The molecule has 1 aromatic rings. The Kier molecular flexibility index (Phi) is 7.86. The van der Waals surface area contributed by atoms with Crippen LogP contribution < -0.4 is 16.4 Å². The van der Waals surface area contributed by atoms with E-state index in [9.17, 15) is 9.18 Å². The van der Waals surface area contributed by atoms with Crippen LogP contribution in [0.15, 0.2) is 29.3 Å². The second kappa shape index (κ2) is 9.74. The van der Waals surface area contributed by atoms with Gasteiger partial charge in [-0.25, -0.2) is 9.38 Å². The van der Waals surface area contributed by atoms with E-state index in [0.29, 0.717) is 5.69 Å². The first-order valence-corrected chi connectivity index (χ1v) is 7.21. The van der Waals surface area contributed by atoms with Crippen LogP contribution in [-0.4, -0.2) is 25.0 Å². The van der Waals surface area contributed by atoms with Gasteiger partial charge in [-0.2, -0.15) is 0 Å². The summed E-state index contributed by atoms with van der Waals surface area (Å²) in [5.74, 6) is -0.484. The number of amides is 1. The summed E-state index contributed by atoms with van der Waals surface area (Å²) < 4.78 is 13.0. The van der Waals surface area contributed by atoms with E-state index >= 15 is 0 Å². The van der Waals surface area contributed by atoms with Gasteiger partial charge in [-0.3, -0.25) is 4.79 Å². The zero-order valence-corrected chi connectivity index (χ0v) is 12.4. The van der Waals surface area contributed by atoms with Crippen LogP contribution in [0, 0.1) is 5.82 Å². The number of unbranched alkanes of at least 4 members (excludes halogenated alkanes) is 3. The number of hydrogen-bond acceptors (Lipinski definition) is 2. The molecule has 0 aliphatic rings. The lowest BCUT2D eigenvalue weighted by atomic mass is 10.2. The van der Waals surface area contributed by atoms with Gasteiger partial charge >= 0.3 is 0 Å². The van der Waals surface area contributed by atoms with Crippen molar-refractivity contribution in [3.63, 3.8) is 0 Å². The van der Waals surface area contributed by atoms with E-state index in [-0.39, 0.29) is 18.4 Å². The van der Waals surface area contributed by atoms with Crippen LogP contribution in [0.4, 0.5) is 10.1 Å². The van der Waals surface area contributed by atoms with E-state index in [1.54, 1.807) is 6.07 Å². The number of nitrogens with zero attached hydrogens (tertiary/aromatic N) is 1. The molecule has 116 valence electrons. The maximum Gasteiger partial charge on any atom is 0.246 e. The van der Waals surface area contributed by atoms with Crippen LogP contribution in [0.1, 0.15) is 32.6 Å². The molecule has 0 aromatic heterocycles. The molecule has 0 aliphatic heterocycles. The summed E-state index contributed by atoms with van der Waals surface area (Å²) in [6.07, 6.45) is 4.56. The van der Waals surface area contributed by atoms with Gasteiger partial charge in [0.05, 0.1) is 0 Å². The molecule has 0 atom stereocenters. The molecule has 0 spiro atoms. The molecule has 0 radical (unpaired) electrons. The maximum atomic E-state index is 13.0. The van der Waals surface area contributed by atoms with Crippen molar-refractivity contribution in [2.45, 2.75) is 32.6 Å². The number of rotatable bonds is 8. The van der Waals surface area contributed by atoms with Crippen LogP contribution in [0.2, 0.25) is 0 Å². The highest BCUT2D eigenvalue weighted by Gasteiger charge is 2.02. The molecule has 0 heterocycles. The third kappa shape index (κ3) is 7.91. The molecule has 0 fully saturated rings. The molecule has 0 unspecified atom stereocenters. The molecule has 4 N–H and O–H groups in total. The number of hydrogen-bond donors (Lipinski definition) is 3. The van der Waals surface area contributed by atoms with Crippen molar-refractivity contribution < 1.29 is 9.18 Å². The number of anilines is 1. The van der Waals surface area contributed by atoms with E-state index in [1.165, 1.54) is 31.0 Å². The van der Waals surface area contributed by atoms with Crippen molar-refractivity contribution in [3.8, 4) is 0 Å². The Labute approximate surface area is 124 Å². The first-order valence-electron chi connectivity index (χ1n) is 7.21.